The van der Waals surface area contributed by atoms with Gasteiger partial charge < -0.3 is 5.32 Å². The maximum atomic E-state index is 12.8. The van der Waals surface area contributed by atoms with Gasteiger partial charge in [0.15, 0.2) is 0 Å². The first-order valence-corrected chi connectivity index (χ1v) is 8.13. The fraction of sp³-hybridized carbons (Fsp3) is 0.105. The van der Waals surface area contributed by atoms with Gasteiger partial charge in [-0.1, -0.05) is 18.2 Å². The van der Waals surface area contributed by atoms with Gasteiger partial charge in [0.25, 0.3) is 5.91 Å². The summed E-state index contributed by atoms with van der Waals surface area (Å²) in [5.74, 6) is -0.165. The maximum absolute atomic E-state index is 12.8. The van der Waals surface area contributed by atoms with Gasteiger partial charge in [-0.25, -0.2) is 4.68 Å². The lowest BCUT2D eigenvalue weighted by Crippen LogP contribution is -2.13. The van der Waals surface area contributed by atoms with Crippen molar-refractivity contribution < 1.29 is 4.79 Å². The number of pyridine rings is 1. The van der Waals surface area contributed by atoms with Crippen LogP contribution in [-0.4, -0.2) is 31.1 Å². The molecule has 4 aromatic rings. The van der Waals surface area contributed by atoms with Crippen LogP contribution in [0.5, 0.6) is 0 Å². The van der Waals surface area contributed by atoms with Crippen molar-refractivity contribution in [3.63, 3.8) is 0 Å². The first-order valence-electron chi connectivity index (χ1n) is 8.13. The number of hydrogen-bond donors (Lipinski definition) is 1. The zero-order chi connectivity index (χ0) is 18.1. The van der Waals surface area contributed by atoms with Crippen molar-refractivity contribution >= 4 is 22.5 Å². The van der Waals surface area contributed by atoms with Gasteiger partial charge in [-0.3, -0.25) is 9.78 Å². The number of hydrogen-bond acceptors (Lipinski definition) is 5. The number of aromatic nitrogens is 5. The second-order valence-corrected chi connectivity index (χ2v) is 6.04. The largest absolute Gasteiger partial charge is 0.322 e. The van der Waals surface area contributed by atoms with Gasteiger partial charge >= 0.3 is 0 Å². The van der Waals surface area contributed by atoms with Crippen molar-refractivity contribution in [2.75, 3.05) is 5.32 Å². The number of para-hydroxylation sites is 1. The Morgan fingerprint density at radius 2 is 1.92 bits per heavy atom. The van der Waals surface area contributed by atoms with Crippen molar-refractivity contribution in [3.8, 4) is 5.69 Å². The van der Waals surface area contributed by atoms with Crippen molar-refractivity contribution in [3.05, 3.63) is 71.7 Å². The van der Waals surface area contributed by atoms with Crippen LogP contribution in [0, 0.1) is 13.8 Å². The van der Waals surface area contributed by atoms with Crippen LogP contribution >= 0.6 is 0 Å². The minimum absolute atomic E-state index is 0.165. The van der Waals surface area contributed by atoms with Crippen molar-refractivity contribution in [1.29, 1.82) is 0 Å². The molecule has 128 valence electrons. The standard InChI is InChI=1S/C19H16N6O/c1-12-9-14(7-8-18(12)25-11-20-23-24-25)22-19(26)16-10-13(2)21-17-6-4-3-5-15(16)17/h3-11H,1-2H3,(H,22,26). The molecule has 2 heterocycles. The molecule has 0 radical (unpaired) electrons. The van der Waals surface area contributed by atoms with Crippen LogP contribution in [-0.2, 0) is 0 Å². The molecule has 0 atom stereocenters. The van der Waals surface area contributed by atoms with Gasteiger partial charge in [0.1, 0.15) is 6.33 Å². The lowest BCUT2D eigenvalue weighted by Gasteiger charge is -2.11. The Morgan fingerprint density at radius 1 is 1.08 bits per heavy atom. The molecular weight excluding hydrogens is 328 g/mol. The average molecular weight is 344 g/mol. The summed E-state index contributed by atoms with van der Waals surface area (Å²) in [5, 5.41) is 15.0. The van der Waals surface area contributed by atoms with Crippen LogP contribution < -0.4 is 5.32 Å². The molecular formula is C19H16N6O. The SMILES string of the molecule is Cc1cc(C(=O)Nc2ccc(-n3cnnn3)c(C)c2)c2ccccc2n1. The van der Waals surface area contributed by atoms with Gasteiger partial charge in [-0.05, 0) is 60.2 Å². The van der Waals surface area contributed by atoms with Gasteiger partial charge in [0.2, 0.25) is 0 Å². The van der Waals surface area contributed by atoms with Crippen LogP contribution in [0.4, 0.5) is 5.69 Å². The van der Waals surface area contributed by atoms with E-state index in [0.29, 0.717) is 11.3 Å². The Balaban J connectivity index is 1.66. The van der Waals surface area contributed by atoms with E-state index in [1.165, 1.54) is 6.33 Å². The van der Waals surface area contributed by atoms with Crippen LogP contribution in [0.3, 0.4) is 0 Å². The number of aryl methyl sites for hydroxylation is 2. The fourth-order valence-corrected chi connectivity index (χ4v) is 2.96. The lowest BCUT2D eigenvalue weighted by molar-refractivity contribution is 0.102. The van der Waals surface area contributed by atoms with E-state index >= 15 is 0 Å². The zero-order valence-electron chi connectivity index (χ0n) is 14.3. The maximum Gasteiger partial charge on any atom is 0.256 e. The van der Waals surface area contributed by atoms with Crippen molar-refractivity contribution in [1.82, 2.24) is 25.2 Å². The highest BCUT2D eigenvalue weighted by Gasteiger charge is 2.13. The monoisotopic (exact) mass is 344 g/mol. The summed E-state index contributed by atoms with van der Waals surface area (Å²) in [4.78, 5) is 17.3. The minimum Gasteiger partial charge on any atom is -0.322 e. The van der Waals surface area contributed by atoms with Crippen LogP contribution in [0.25, 0.3) is 16.6 Å². The Kier molecular flexibility index (Phi) is 3.89. The number of carbonyl (C=O) groups excluding carboxylic acids is 1. The van der Waals surface area contributed by atoms with E-state index in [0.717, 1.165) is 27.8 Å². The number of tetrazole rings is 1. The van der Waals surface area contributed by atoms with E-state index in [-0.39, 0.29) is 5.91 Å². The highest BCUT2D eigenvalue weighted by Crippen LogP contribution is 2.22. The fourth-order valence-electron chi connectivity index (χ4n) is 2.96. The molecule has 7 nitrogen and oxygen atoms in total. The molecule has 0 aliphatic heterocycles. The van der Waals surface area contributed by atoms with E-state index in [4.69, 9.17) is 0 Å². The zero-order valence-corrected chi connectivity index (χ0v) is 14.3. The Hall–Kier alpha value is -3.61. The Bertz CT molecular complexity index is 1100. The van der Waals surface area contributed by atoms with E-state index in [2.05, 4.69) is 25.8 Å². The first kappa shape index (κ1) is 15.9. The van der Waals surface area contributed by atoms with Gasteiger partial charge in [-0.15, -0.1) is 5.10 Å². The number of carbonyl (C=O) groups is 1. The molecule has 1 N–H and O–H groups in total. The summed E-state index contributed by atoms with van der Waals surface area (Å²) in [6.45, 7) is 3.83. The number of amides is 1. The Morgan fingerprint density at radius 3 is 2.69 bits per heavy atom. The van der Waals surface area contributed by atoms with Gasteiger partial charge in [-0.2, -0.15) is 0 Å². The van der Waals surface area contributed by atoms with Crippen LogP contribution in [0.1, 0.15) is 21.6 Å². The van der Waals surface area contributed by atoms with E-state index in [1.54, 1.807) is 10.7 Å². The quantitative estimate of drug-likeness (QED) is 0.617. The second kappa shape index (κ2) is 6.36. The highest BCUT2D eigenvalue weighted by atomic mass is 16.1. The second-order valence-electron chi connectivity index (χ2n) is 6.04. The molecule has 2 aromatic heterocycles. The molecule has 2 aromatic carbocycles. The number of nitrogens with one attached hydrogen (secondary N) is 1. The lowest BCUT2D eigenvalue weighted by atomic mass is 10.1. The molecule has 0 fully saturated rings. The molecule has 0 aliphatic rings. The van der Waals surface area contributed by atoms with Gasteiger partial charge in [0.05, 0.1) is 16.8 Å². The summed E-state index contributed by atoms with van der Waals surface area (Å²) in [6, 6.07) is 15.0. The molecule has 26 heavy (non-hydrogen) atoms. The molecule has 0 saturated heterocycles. The van der Waals surface area contributed by atoms with Crippen LogP contribution in [0.2, 0.25) is 0 Å². The molecule has 1 amide bonds. The average Bonchev–Trinajstić information content (AvgIpc) is 3.15. The third kappa shape index (κ3) is 2.90. The van der Waals surface area contributed by atoms with E-state index in [9.17, 15) is 4.79 Å². The summed E-state index contributed by atoms with van der Waals surface area (Å²) in [6.07, 6.45) is 1.53. The Labute approximate surface area is 149 Å². The first-order chi connectivity index (χ1) is 12.6. The van der Waals surface area contributed by atoms with Crippen molar-refractivity contribution in [2.24, 2.45) is 0 Å². The smallest absolute Gasteiger partial charge is 0.256 e. The number of anilines is 1. The molecule has 7 heteroatoms. The molecule has 0 unspecified atom stereocenters. The third-order valence-corrected chi connectivity index (χ3v) is 4.14. The summed E-state index contributed by atoms with van der Waals surface area (Å²) < 4.78 is 1.58. The molecule has 0 aliphatic carbocycles. The minimum atomic E-state index is -0.165. The molecule has 0 spiro atoms. The molecule has 4 rings (SSSR count). The normalized spacial score (nSPS) is 10.8. The number of benzene rings is 2. The predicted octanol–water partition coefficient (Wildman–Crippen LogP) is 3.08. The van der Waals surface area contributed by atoms with E-state index < -0.39 is 0 Å². The topological polar surface area (TPSA) is 85.6 Å². The molecule has 0 saturated carbocycles. The predicted molar refractivity (Wildman–Crippen MR) is 98.3 cm³/mol. The number of fused-ring (bicyclic) bond motifs is 1. The highest BCUT2D eigenvalue weighted by molar-refractivity contribution is 6.12. The number of nitrogens with zero attached hydrogens (tertiary/aromatic N) is 5. The summed E-state index contributed by atoms with van der Waals surface area (Å²) >= 11 is 0. The molecule has 0 bridgehead atoms. The third-order valence-electron chi connectivity index (χ3n) is 4.14. The van der Waals surface area contributed by atoms with Crippen LogP contribution in [0.15, 0.2) is 54.9 Å². The van der Waals surface area contributed by atoms with Gasteiger partial charge in [0, 0.05) is 16.8 Å². The summed E-state index contributed by atoms with van der Waals surface area (Å²) in [5.41, 5.74) is 4.74. The van der Waals surface area contributed by atoms with Crippen molar-refractivity contribution in [2.45, 2.75) is 13.8 Å². The number of rotatable bonds is 3. The van der Waals surface area contributed by atoms with E-state index in [1.807, 2.05) is 56.3 Å². The summed E-state index contributed by atoms with van der Waals surface area (Å²) in [7, 11) is 0.